The number of unbranched alkanes of at least 4 members (excludes halogenated alkanes) is 3. The topological polar surface area (TPSA) is 126 Å². The lowest BCUT2D eigenvalue weighted by Crippen LogP contribution is -2.43. The Balaban J connectivity index is 2.68. The number of imide groups is 1. The van der Waals surface area contributed by atoms with Crippen LogP contribution >= 0.6 is 0 Å². The quantitative estimate of drug-likeness (QED) is 0.268. The number of amides is 2. The van der Waals surface area contributed by atoms with Crippen LogP contribution in [-0.4, -0.2) is 53.5 Å². The molecule has 8 nitrogen and oxygen atoms in total. The SMILES string of the molecule is O=CCCCCCC(C=O)N1C(=O)CC(S(=O)(=O)O)C1=O. The van der Waals surface area contributed by atoms with E-state index in [0.717, 1.165) is 6.29 Å². The van der Waals surface area contributed by atoms with E-state index in [4.69, 9.17) is 4.55 Å². The minimum absolute atomic E-state index is 0.206. The summed E-state index contributed by atoms with van der Waals surface area (Å²) in [7, 11) is -4.66. The van der Waals surface area contributed by atoms with E-state index in [1.165, 1.54) is 0 Å². The van der Waals surface area contributed by atoms with Gasteiger partial charge in [0.2, 0.25) is 5.91 Å². The zero-order chi connectivity index (χ0) is 16.0. The molecule has 21 heavy (non-hydrogen) atoms. The van der Waals surface area contributed by atoms with E-state index in [9.17, 15) is 27.6 Å². The normalized spacial score (nSPS) is 20.6. The summed E-state index contributed by atoms with van der Waals surface area (Å²) in [6.07, 6.45) is 2.98. The first-order chi connectivity index (χ1) is 9.82. The summed E-state index contributed by atoms with van der Waals surface area (Å²) >= 11 is 0. The molecule has 2 amide bonds. The van der Waals surface area contributed by atoms with E-state index in [2.05, 4.69) is 0 Å². The molecule has 0 radical (unpaired) electrons. The number of carbonyl (C=O) groups excluding carboxylic acids is 4. The van der Waals surface area contributed by atoms with Gasteiger partial charge >= 0.3 is 0 Å². The second-order valence-corrected chi connectivity index (χ2v) is 6.42. The molecule has 1 rings (SSSR count). The van der Waals surface area contributed by atoms with E-state index in [-0.39, 0.29) is 6.42 Å². The van der Waals surface area contributed by atoms with Crippen molar-refractivity contribution in [2.75, 3.05) is 0 Å². The highest BCUT2D eigenvalue weighted by molar-refractivity contribution is 7.87. The predicted molar refractivity (Wildman–Crippen MR) is 70.8 cm³/mol. The monoisotopic (exact) mass is 319 g/mol. The lowest BCUT2D eigenvalue weighted by molar-refractivity contribution is -0.143. The summed E-state index contributed by atoms with van der Waals surface area (Å²) in [6.45, 7) is 0. The highest BCUT2D eigenvalue weighted by Gasteiger charge is 2.48. The van der Waals surface area contributed by atoms with Crippen molar-refractivity contribution in [3.63, 3.8) is 0 Å². The number of hydrogen-bond donors (Lipinski definition) is 1. The molecule has 1 saturated heterocycles. The summed E-state index contributed by atoms with van der Waals surface area (Å²) in [5.74, 6) is -1.85. The Bertz CT molecular complexity index is 528. The fourth-order valence-electron chi connectivity index (χ4n) is 2.22. The van der Waals surface area contributed by atoms with E-state index >= 15 is 0 Å². The van der Waals surface area contributed by atoms with Crippen LogP contribution in [0.5, 0.6) is 0 Å². The highest BCUT2D eigenvalue weighted by Crippen LogP contribution is 2.23. The van der Waals surface area contributed by atoms with Crippen LogP contribution in [0.1, 0.15) is 38.5 Å². The summed E-state index contributed by atoms with van der Waals surface area (Å²) in [4.78, 5) is 45.4. The summed E-state index contributed by atoms with van der Waals surface area (Å²) in [5, 5.41) is -1.82. The first kappa shape index (κ1) is 17.4. The van der Waals surface area contributed by atoms with Gasteiger partial charge in [-0.3, -0.25) is 19.0 Å². The van der Waals surface area contributed by atoms with Gasteiger partial charge < -0.3 is 9.59 Å². The van der Waals surface area contributed by atoms with Gasteiger partial charge in [0.15, 0.2) is 5.25 Å². The van der Waals surface area contributed by atoms with Crippen LogP contribution in [0.2, 0.25) is 0 Å². The highest BCUT2D eigenvalue weighted by atomic mass is 32.2. The van der Waals surface area contributed by atoms with Crippen molar-refractivity contribution in [3.8, 4) is 0 Å². The molecular weight excluding hydrogens is 302 g/mol. The van der Waals surface area contributed by atoms with E-state index in [1.807, 2.05) is 0 Å². The molecule has 1 heterocycles. The van der Waals surface area contributed by atoms with Crippen molar-refractivity contribution >= 4 is 34.5 Å². The smallest absolute Gasteiger partial charge is 0.277 e. The lowest BCUT2D eigenvalue weighted by atomic mass is 10.1. The van der Waals surface area contributed by atoms with Crippen molar-refractivity contribution in [3.05, 3.63) is 0 Å². The van der Waals surface area contributed by atoms with Crippen molar-refractivity contribution in [1.82, 2.24) is 4.90 Å². The maximum Gasteiger partial charge on any atom is 0.277 e. The van der Waals surface area contributed by atoms with Gasteiger partial charge in [-0.2, -0.15) is 8.42 Å². The molecule has 118 valence electrons. The van der Waals surface area contributed by atoms with Crippen molar-refractivity contribution in [2.24, 2.45) is 0 Å². The number of aldehydes is 2. The van der Waals surface area contributed by atoms with Gasteiger partial charge in [0, 0.05) is 6.42 Å². The Kier molecular flexibility index (Phi) is 6.16. The van der Waals surface area contributed by atoms with Gasteiger partial charge in [0.05, 0.1) is 12.5 Å². The molecule has 0 saturated carbocycles. The number of hydrogen-bond acceptors (Lipinski definition) is 6. The van der Waals surface area contributed by atoms with Gasteiger partial charge in [0.1, 0.15) is 12.6 Å². The molecule has 2 atom stereocenters. The number of carbonyl (C=O) groups is 4. The van der Waals surface area contributed by atoms with Crippen LogP contribution in [0.25, 0.3) is 0 Å². The van der Waals surface area contributed by atoms with E-state index in [1.54, 1.807) is 0 Å². The zero-order valence-corrected chi connectivity index (χ0v) is 12.1. The van der Waals surface area contributed by atoms with Gasteiger partial charge in [0.25, 0.3) is 16.0 Å². The lowest BCUT2D eigenvalue weighted by Gasteiger charge is -2.21. The first-order valence-corrected chi connectivity index (χ1v) is 8.04. The molecule has 1 aliphatic rings. The molecule has 0 spiro atoms. The molecule has 9 heteroatoms. The fraction of sp³-hybridized carbons (Fsp3) is 0.667. The largest absolute Gasteiger partial charge is 0.303 e. The Morgan fingerprint density at radius 3 is 2.38 bits per heavy atom. The second kappa shape index (κ2) is 7.41. The maximum atomic E-state index is 11.9. The Morgan fingerprint density at radius 2 is 1.90 bits per heavy atom. The number of rotatable bonds is 9. The summed E-state index contributed by atoms with van der Waals surface area (Å²) < 4.78 is 30.9. The standard InChI is InChI=1S/C12H17NO7S/c14-6-4-2-1-3-5-9(8-15)13-11(16)7-10(12(13)17)21(18,19)20/h6,8-10H,1-5,7H2,(H,18,19,20). The van der Waals surface area contributed by atoms with Crippen LogP contribution in [-0.2, 0) is 29.3 Å². The maximum absolute atomic E-state index is 11.9. The minimum atomic E-state index is -4.66. The molecule has 0 bridgehead atoms. The van der Waals surface area contributed by atoms with Crippen molar-refractivity contribution in [2.45, 2.75) is 49.8 Å². The predicted octanol–water partition coefficient (Wildman–Crippen LogP) is -0.281. The minimum Gasteiger partial charge on any atom is -0.303 e. The third-order valence-electron chi connectivity index (χ3n) is 3.31. The van der Waals surface area contributed by atoms with Crippen LogP contribution in [0, 0.1) is 0 Å². The molecule has 1 N–H and O–H groups in total. The van der Waals surface area contributed by atoms with Crippen molar-refractivity contribution in [1.29, 1.82) is 0 Å². The Labute approximate surface area is 122 Å². The van der Waals surface area contributed by atoms with Crippen LogP contribution in [0.3, 0.4) is 0 Å². The number of likely N-dealkylation sites (tertiary alicyclic amines) is 1. The molecule has 2 unspecified atom stereocenters. The Morgan fingerprint density at radius 1 is 1.24 bits per heavy atom. The van der Waals surface area contributed by atoms with E-state index in [0.29, 0.717) is 36.9 Å². The average molecular weight is 319 g/mol. The summed E-state index contributed by atoms with van der Waals surface area (Å²) in [5.41, 5.74) is 0. The molecular formula is C12H17NO7S. The summed E-state index contributed by atoms with van der Waals surface area (Å²) in [6, 6.07) is -1.03. The van der Waals surface area contributed by atoms with Gasteiger partial charge in [-0.05, 0) is 12.8 Å². The van der Waals surface area contributed by atoms with Gasteiger partial charge in [-0.1, -0.05) is 12.8 Å². The van der Waals surface area contributed by atoms with E-state index < -0.39 is 39.6 Å². The molecule has 0 aliphatic carbocycles. The molecule has 1 fully saturated rings. The molecule has 1 aliphatic heterocycles. The first-order valence-electron chi connectivity index (χ1n) is 6.54. The van der Waals surface area contributed by atoms with Crippen LogP contribution in [0.4, 0.5) is 0 Å². The van der Waals surface area contributed by atoms with Crippen LogP contribution in [0.15, 0.2) is 0 Å². The second-order valence-electron chi connectivity index (χ2n) is 4.82. The molecule has 0 aromatic rings. The molecule has 0 aromatic heterocycles. The zero-order valence-electron chi connectivity index (χ0n) is 11.3. The van der Waals surface area contributed by atoms with Crippen molar-refractivity contribution < 1.29 is 32.1 Å². The Hall–Kier alpha value is -1.61. The number of nitrogens with zero attached hydrogens (tertiary/aromatic N) is 1. The molecule has 0 aromatic carbocycles. The average Bonchev–Trinajstić information content (AvgIpc) is 2.70. The third-order valence-corrected chi connectivity index (χ3v) is 4.40. The van der Waals surface area contributed by atoms with Crippen LogP contribution < -0.4 is 0 Å². The fourth-order valence-corrected chi connectivity index (χ4v) is 2.94. The van der Waals surface area contributed by atoms with Gasteiger partial charge in [-0.25, -0.2) is 0 Å². The van der Waals surface area contributed by atoms with Gasteiger partial charge in [-0.15, -0.1) is 0 Å². The third kappa shape index (κ3) is 4.43.